The Labute approximate surface area is 130 Å². The third-order valence-electron chi connectivity index (χ3n) is 5.81. The van der Waals surface area contributed by atoms with Crippen LogP contribution in [0.4, 0.5) is 0 Å². The normalized spacial score (nSPS) is 38.9. The predicted octanol–water partition coefficient (Wildman–Crippen LogP) is 3.33. The average Bonchev–Trinajstić information content (AvgIpc) is 3.08. The summed E-state index contributed by atoms with van der Waals surface area (Å²) in [6.45, 7) is 7.35. The van der Waals surface area contributed by atoms with Crippen molar-refractivity contribution in [3.63, 3.8) is 0 Å². The van der Waals surface area contributed by atoms with Crippen LogP contribution in [0.25, 0.3) is 0 Å². The molecule has 2 aliphatic carbocycles. The summed E-state index contributed by atoms with van der Waals surface area (Å²) < 4.78 is 15.0. The first-order chi connectivity index (χ1) is 9.93. The minimum absolute atomic E-state index is 0.137. The lowest BCUT2D eigenvalue weighted by molar-refractivity contribution is 0.335. The molecule has 2 bridgehead atoms. The standard InChI is InChI=1S/C18H25NOS/c1-17(2,3)21(20)19-12-18(19)15-8-9-16(18)11-14-7-5-4-6-13(14)10-15/h4-7,15-16H,8-12H2,1-3H3/t15-,16+,18?,19?,21?. The topological polar surface area (TPSA) is 20.1 Å². The summed E-state index contributed by atoms with van der Waals surface area (Å²) >= 11 is 0. The Kier molecular flexibility index (Phi) is 2.94. The van der Waals surface area contributed by atoms with Gasteiger partial charge in [0, 0.05) is 6.54 Å². The average molecular weight is 303 g/mol. The van der Waals surface area contributed by atoms with E-state index in [1.807, 2.05) is 0 Å². The number of benzene rings is 1. The van der Waals surface area contributed by atoms with Crippen molar-refractivity contribution in [2.24, 2.45) is 11.8 Å². The van der Waals surface area contributed by atoms with Crippen molar-refractivity contribution < 1.29 is 4.21 Å². The second-order valence-electron chi connectivity index (χ2n) is 8.04. The molecule has 2 nitrogen and oxygen atoms in total. The molecule has 0 amide bonds. The van der Waals surface area contributed by atoms with Crippen molar-refractivity contribution in [3.8, 4) is 0 Å². The molecule has 3 unspecified atom stereocenters. The molecule has 2 fully saturated rings. The molecule has 1 spiro atoms. The van der Waals surface area contributed by atoms with E-state index in [0.29, 0.717) is 11.8 Å². The van der Waals surface area contributed by atoms with E-state index in [0.717, 1.165) is 6.54 Å². The molecule has 5 atom stereocenters. The van der Waals surface area contributed by atoms with Gasteiger partial charge in [-0.25, -0.2) is 8.51 Å². The molecule has 1 aromatic rings. The van der Waals surface area contributed by atoms with Gasteiger partial charge < -0.3 is 0 Å². The molecule has 0 radical (unpaired) electrons. The van der Waals surface area contributed by atoms with Crippen molar-refractivity contribution in [2.45, 2.75) is 56.7 Å². The molecule has 0 N–H and O–H groups in total. The highest BCUT2D eigenvalue weighted by molar-refractivity contribution is 7.84. The molecule has 1 aromatic carbocycles. The first-order valence-corrected chi connectivity index (χ1v) is 9.30. The quantitative estimate of drug-likeness (QED) is 0.729. The van der Waals surface area contributed by atoms with E-state index in [2.05, 4.69) is 49.3 Å². The predicted molar refractivity (Wildman–Crippen MR) is 87.4 cm³/mol. The fourth-order valence-corrected chi connectivity index (χ4v) is 6.28. The van der Waals surface area contributed by atoms with Gasteiger partial charge in [-0.05, 0) is 69.4 Å². The minimum atomic E-state index is -0.856. The van der Waals surface area contributed by atoms with Crippen LogP contribution in [0.2, 0.25) is 0 Å². The van der Waals surface area contributed by atoms with Crippen LogP contribution in [-0.2, 0) is 23.8 Å². The largest absolute Gasteiger partial charge is 0.242 e. The maximum absolute atomic E-state index is 12.8. The molecule has 1 saturated carbocycles. The van der Waals surface area contributed by atoms with E-state index in [-0.39, 0.29) is 10.3 Å². The van der Waals surface area contributed by atoms with Gasteiger partial charge in [0.05, 0.1) is 10.3 Å². The summed E-state index contributed by atoms with van der Waals surface area (Å²) in [7, 11) is -0.856. The summed E-state index contributed by atoms with van der Waals surface area (Å²) in [6, 6.07) is 8.94. The maximum Gasteiger partial charge on any atom is 0.100 e. The smallest absolute Gasteiger partial charge is 0.100 e. The van der Waals surface area contributed by atoms with E-state index in [9.17, 15) is 4.21 Å². The fourth-order valence-electron chi connectivity index (χ4n) is 4.68. The maximum atomic E-state index is 12.8. The zero-order chi connectivity index (χ0) is 14.8. The lowest BCUT2D eigenvalue weighted by Gasteiger charge is -2.26. The van der Waals surface area contributed by atoms with E-state index >= 15 is 0 Å². The molecule has 1 heterocycles. The number of hydrogen-bond acceptors (Lipinski definition) is 1. The molecular weight excluding hydrogens is 278 g/mol. The van der Waals surface area contributed by atoms with Gasteiger partial charge in [-0.2, -0.15) is 0 Å². The van der Waals surface area contributed by atoms with Gasteiger partial charge in [0.25, 0.3) is 0 Å². The summed E-state index contributed by atoms with van der Waals surface area (Å²) in [5.41, 5.74) is 3.33. The first-order valence-electron chi connectivity index (χ1n) is 8.19. The van der Waals surface area contributed by atoms with E-state index in [1.54, 1.807) is 0 Å². The van der Waals surface area contributed by atoms with Crippen molar-refractivity contribution in [2.75, 3.05) is 6.54 Å². The second-order valence-corrected chi connectivity index (χ2v) is 10.2. The van der Waals surface area contributed by atoms with E-state index in [1.165, 1.54) is 36.8 Å². The van der Waals surface area contributed by atoms with Crippen LogP contribution in [0, 0.1) is 11.8 Å². The Bertz CT molecular complexity index is 570. The van der Waals surface area contributed by atoms with Crippen LogP contribution >= 0.6 is 0 Å². The SMILES string of the molecule is CC(C)(C)S(=O)N1CC12[C@@H]1CC[C@H]2Cc2ccccc2C1. The van der Waals surface area contributed by atoms with Crippen LogP contribution in [0.5, 0.6) is 0 Å². The minimum Gasteiger partial charge on any atom is -0.242 e. The Morgan fingerprint density at radius 1 is 1.10 bits per heavy atom. The van der Waals surface area contributed by atoms with Gasteiger partial charge >= 0.3 is 0 Å². The van der Waals surface area contributed by atoms with E-state index in [4.69, 9.17) is 0 Å². The highest BCUT2D eigenvalue weighted by Gasteiger charge is 2.67. The number of rotatable bonds is 1. The molecular formula is C18H25NOS. The van der Waals surface area contributed by atoms with Crippen LogP contribution in [-0.4, -0.2) is 25.3 Å². The number of fused-ring (bicyclic) bond motifs is 1. The van der Waals surface area contributed by atoms with Crippen LogP contribution in [0.3, 0.4) is 0 Å². The van der Waals surface area contributed by atoms with Crippen molar-refractivity contribution in [3.05, 3.63) is 35.4 Å². The van der Waals surface area contributed by atoms with Crippen molar-refractivity contribution in [1.29, 1.82) is 0 Å². The Morgan fingerprint density at radius 2 is 1.62 bits per heavy atom. The highest BCUT2D eigenvalue weighted by Crippen LogP contribution is 2.59. The van der Waals surface area contributed by atoms with Crippen LogP contribution in [0.1, 0.15) is 44.7 Å². The molecule has 4 rings (SSSR count). The number of nitrogens with zero attached hydrogens (tertiary/aromatic N) is 1. The summed E-state index contributed by atoms with van der Waals surface area (Å²) in [5.74, 6) is 1.41. The molecule has 114 valence electrons. The van der Waals surface area contributed by atoms with Crippen LogP contribution in [0.15, 0.2) is 24.3 Å². The van der Waals surface area contributed by atoms with Crippen LogP contribution < -0.4 is 0 Å². The zero-order valence-electron chi connectivity index (χ0n) is 13.3. The van der Waals surface area contributed by atoms with Gasteiger partial charge in [-0.3, -0.25) is 0 Å². The van der Waals surface area contributed by atoms with Gasteiger partial charge in [0.2, 0.25) is 0 Å². The second kappa shape index (κ2) is 4.42. The Morgan fingerprint density at radius 3 is 2.10 bits per heavy atom. The van der Waals surface area contributed by atoms with Gasteiger partial charge in [0.1, 0.15) is 11.0 Å². The molecule has 1 aliphatic heterocycles. The number of hydrogen-bond donors (Lipinski definition) is 0. The fraction of sp³-hybridized carbons (Fsp3) is 0.667. The Balaban J connectivity index is 1.67. The molecule has 1 saturated heterocycles. The van der Waals surface area contributed by atoms with Gasteiger partial charge in [-0.15, -0.1) is 0 Å². The molecule has 0 aromatic heterocycles. The lowest BCUT2D eigenvalue weighted by atomic mass is 9.87. The molecule has 3 heteroatoms. The summed E-state index contributed by atoms with van der Waals surface area (Å²) in [5, 5.41) is 0. The third-order valence-corrected chi connectivity index (χ3v) is 7.73. The summed E-state index contributed by atoms with van der Waals surface area (Å²) in [6.07, 6.45) is 5.00. The van der Waals surface area contributed by atoms with Crippen molar-refractivity contribution >= 4 is 11.0 Å². The van der Waals surface area contributed by atoms with Crippen molar-refractivity contribution in [1.82, 2.24) is 4.31 Å². The van der Waals surface area contributed by atoms with Gasteiger partial charge in [0.15, 0.2) is 0 Å². The molecule has 3 aliphatic rings. The molecule has 21 heavy (non-hydrogen) atoms. The summed E-state index contributed by atoms with van der Waals surface area (Å²) in [4.78, 5) is 0. The monoisotopic (exact) mass is 303 g/mol. The van der Waals surface area contributed by atoms with Gasteiger partial charge in [-0.1, -0.05) is 24.3 Å². The highest BCUT2D eigenvalue weighted by atomic mass is 32.2. The first kappa shape index (κ1) is 14.0. The Hall–Kier alpha value is -0.670. The van der Waals surface area contributed by atoms with E-state index < -0.39 is 11.0 Å². The zero-order valence-corrected chi connectivity index (χ0v) is 14.1. The lowest BCUT2D eigenvalue weighted by Crippen LogP contribution is -2.37. The third kappa shape index (κ3) is 1.97.